The number of oxazole rings is 1. The lowest BCUT2D eigenvalue weighted by Crippen LogP contribution is -2.23. The van der Waals surface area contributed by atoms with Gasteiger partial charge in [0.05, 0.1) is 25.3 Å². The van der Waals surface area contributed by atoms with Gasteiger partial charge >= 0.3 is 5.76 Å². The molecular weight excluding hydrogens is 486 g/mol. The normalized spacial score (nSPS) is 12.2. The van der Waals surface area contributed by atoms with Crippen molar-refractivity contribution in [3.05, 3.63) is 68.7 Å². The topological polar surface area (TPSA) is 104 Å². The Morgan fingerprint density at radius 2 is 1.83 bits per heavy atom. The molecule has 1 N–H and O–H groups in total. The average Bonchev–Trinajstić information content (AvgIpc) is 3.13. The van der Waals surface area contributed by atoms with Crippen LogP contribution >= 0.6 is 11.6 Å². The molecule has 0 bridgehead atoms. The van der Waals surface area contributed by atoms with Crippen LogP contribution in [0.3, 0.4) is 0 Å². The maximum absolute atomic E-state index is 12.7. The van der Waals surface area contributed by atoms with Gasteiger partial charge in [0.1, 0.15) is 18.0 Å². The fraction of sp³-hybridized carbons (Fsp3) is 0.346. The number of allylic oxidation sites excluding steroid dienone is 1. The minimum absolute atomic E-state index is 0.337. The number of aromatic nitrogens is 1. The molecule has 3 aromatic rings. The van der Waals surface area contributed by atoms with Gasteiger partial charge in [-0.2, -0.15) is 0 Å². The van der Waals surface area contributed by atoms with E-state index >= 15 is 0 Å². The average molecular weight is 516 g/mol. The van der Waals surface area contributed by atoms with Crippen LogP contribution in [0, 0.1) is 13.8 Å². The Labute approximate surface area is 214 Å². The summed E-state index contributed by atoms with van der Waals surface area (Å²) in [4.78, 5) is 34.4. The van der Waals surface area contributed by atoms with Crippen molar-refractivity contribution in [2.75, 3.05) is 21.3 Å². The minimum atomic E-state index is -0.429. The standard InChI is InChI=1S/C26H30ClN3O6/c1-15-11-17(13-20(23(15)33-4)25(31)29-35-6)19(9-7-8-10-22(27)28-34-5)18-12-16(2)24-21(14-18)30(3)26(32)36-24/h9,11-14H,7-8,10H2,1-6H3,(H,29,31)/b19-9+,28-22-. The molecule has 0 aliphatic carbocycles. The summed E-state index contributed by atoms with van der Waals surface area (Å²) in [7, 11) is 6.01. The van der Waals surface area contributed by atoms with E-state index in [1.165, 1.54) is 25.9 Å². The summed E-state index contributed by atoms with van der Waals surface area (Å²) in [5.41, 5.74) is 8.08. The van der Waals surface area contributed by atoms with Gasteiger partial charge in [0.25, 0.3) is 5.91 Å². The number of nitrogens with one attached hydrogen (secondary N) is 1. The number of rotatable bonds is 10. The molecule has 192 valence electrons. The second-order valence-electron chi connectivity index (χ2n) is 8.24. The van der Waals surface area contributed by atoms with E-state index in [2.05, 4.69) is 16.7 Å². The van der Waals surface area contributed by atoms with Crippen LogP contribution in [0.5, 0.6) is 5.75 Å². The molecule has 9 nitrogen and oxygen atoms in total. The van der Waals surface area contributed by atoms with E-state index < -0.39 is 11.7 Å². The van der Waals surface area contributed by atoms with Crippen LogP contribution in [0.4, 0.5) is 0 Å². The number of hydrogen-bond donors (Lipinski definition) is 1. The first-order valence-corrected chi connectivity index (χ1v) is 11.7. The summed E-state index contributed by atoms with van der Waals surface area (Å²) < 4.78 is 12.4. The maximum atomic E-state index is 12.7. The third-order valence-corrected chi connectivity index (χ3v) is 6.00. The van der Waals surface area contributed by atoms with Crippen LogP contribution in [-0.2, 0) is 16.7 Å². The Morgan fingerprint density at radius 3 is 2.50 bits per heavy atom. The number of carbonyl (C=O) groups is 1. The van der Waals surface area contributed by atoms with E-state index in [9.17, 15) is 9.59 Å². The van der Waals surface area contributed by atoms with E-state index in [4.69, 9.17) is 30.4 Å². The first kappa shape index (κ1) is 27.0. The Balaban J connectivity index is 2.17. The number of ether oxygens (including phenoxy) is 1. The molecule has 0 unspecified atom stereocenters. The highest BCUT2D eigenvalue weighted by Gasteiger charge is 2.19. The van der Waals surface area contributed by atoms with Crippen LogP contribution < -0.4 is 16.0 Å². The van der Waals surface area contributed by atoms with Crippen molar-refractivity contribution in [2.45, 2.75) is 33.1 Å². The molecule has 0 atom stereocenters. The largest absolute Gasteiger partial charge is 0.496 e. The van der Waals surface area contributed by atoms with Crippen molar-refractivity contribution in [2.24, 2.45) is 12.2 Å². The third kappa shape index (κ3) is 5.80. The Morgan fingerprint density at radius 1 is 1.14 bits per heavy atom. The SMILES string of the molecule is CO/N=C(\Cl)CCC/C=C(\c1cc(C)c(OC)c(C(=O)NOC)c1)c1cc(C)c2oc(=O)n(C)c2c1. The van der Waals surface area contributed by atoms with Crippen LogP contribution in [0.1, 0.15) is 51.9 Å². The van der Waals surface area contributed by atoms with Crippen molar-refractivity contribution >= 4 is 39.4 Å². The third-order valence-electron chi connectivity index (χ3n) is 5.75. The van der Waals surface area contributed by atoms with Gasteiger partial charge in [-0.25, -0.2) is 10.3 Å². The molecule has 0 saturated carbocycles. The monoisotopic (exact) mass is 515 g/mol. The van der Waals surface area contributed by atoms with E-state index in [0.717, 1.165) is 34.2 Å². The number of halogens is 1. The number of amides is 1. The number of benzene rings is 2. The Kier molecular flexibility index (Phi) is 8.95. The van der Waals surface area contributed by atoms with Crippen molar-refractivity contribution in [3.8, 4) is 5.75 Å². The van der Waals surface area contributed by atoms with Gasteiger partial charge in [0.2, 0.25) is 0 Å². The lowest BCUT2D eigenvalue weighted by molar-refractivity contribution is 0.0534. The zero-order valence-corrected chi connectivity index (χ0v) is 22.0. The molecule has 0 spiro atoms. The van der Waals surface area contributed by atoms with Crippen molar-refractivity contribution in [1.82, 2.24) is 10.0 Å². The number of carbonyl (C=O) groups excluding carboxylic acids is 1. The molecular formula is C26H30ClN3O6. The van der Waals surface area contributed by atoms with Gasteiger partial charge < -0.3 is 14.0 Å². The van der Waals surface area contributed by atoms with Crippen LogP contribution in [0.15, 0.2) is 44.7 Å². The molecule has 36 heavy (non-hydrogen) atoms. The van der Waals surface area contributed by atoms with Crippen molar-refractivity contribution in [1.29, 1.82) is 0 Å². The van der Waals surface area contributed by atoms with Crippen molar-refractivity contribution in [3.63, 3.8) is 0 Å². The molecule has 0 aliphatic rings. The van der Waals surface area contributed by atoms with E-state index in [1.54, 1.807) is 13.1 Å². The van der Waals surface area contributed by atoms with E-state index in [-0.39, 0.29) is 0 Å². The van der Waals surface area contributed by atoms with Crippen LogP contribution in [-0.4, -0.2) is 37.0 Å². The molecule has 0 radical (unpaired) electrons. The molecule has 0 aliphatic heterocycles. The predicted octanol–water partition coefficient (Wildman–Crippen LogP) is 4.85. The number of oxime groups is 1. The molecule has 0 saturated heterocycles. The van der Waals surface area contributed by atoms with Crippen molar-refractivity contribution < 1.29 is 23.6 Å². The predicted molar refractivity (Wildman–Crippen MR) is 140 cm³/mol. The zero-order valence-electron chi connectivity index (χ0n) is 21.2. The summed E-state index contributed by atoms with van der Waals surface area (Å²) >= 11 is 6.07. The second kappa shape index (κ2) is 11.9. The first-order valence-electron chi connectivity index (χ1n) is 11.3. The van der Waals surface area contributed by atoms with Gasteiger partial charge in [-0.15, -0.1) is 0 Å². The highest BCUT2D eigenvalue weighted by molar-refractivity contribution is 6.65. The molecule has 0 fully saturated rings. The summed E-state index contributed by atoms with van der Waals surface area (Å²) in [6.45, 7) is 3.77. The Hall–Kier alpha value is -3.56. The van der Waals surface area contributed by atoms with Crippen LogP contribution in [0.2, 0.25) is 0 Å². The molecule has 1 heterocycles. The molecule has 2 aromatic carbocycles. The molecule has 1 amide bonds. The number of aryl methyl sites for hydroxylation is 3. The van der Waals surface area contributed by atoms with E-state index in [0.29, 0.717) is 40.4 Å². The van der Waals surface area contributed by atoms with Crippen LogP contribution in [0.25, 0.3) is 16.7 Å². The van der Waals surface area contributed by atoms with Gasteiger partial charge in [-0.1, -0.05) is 22.8 Å². The quantitative estimate of drug-likeness (QED) is 0.235. The fourth-order valence-corrected chi connectivity index (χ4v) is 4.31. The molecule has 1 aromatic heterocycles. The number of methoxy groups -OCH3 is 1. The zero-order chi connectivity index (χ0) is 26.4. The summed E-state index contributed by atoms with van der Waals surface area (Å²) in [5, 5.41) is 4.13. The summed E-state index contributed by atoms with van der Waals surface area (Å²) in [6.07, 6.45) is 4.04. The lowest BCUT2D eigenvalue weighted by atomic mass is 9.91. The number of nitrogens with zero attached hydrogens (tertiary/aromatic N) is 2. The molecule has 10 heteroatoms. The highest BCUT2D eigenvalue weighted by Crippen LogP contribution is 2.34. The number of hydroxylamine groups is 1. The lowest BCUT2D eigenvalue weighted by Gasteiger charge is -2.16. The van der Waals surface area contributed by atoms with Gasteiger partial charge in [-0.3, -0.25) is 14.2 Å². The Bertz CT molecular complexity index is 1390. The minimum Gasteiger partial charge on any atom is -0.496 e. The molecule has 3 rings (SSSR count). The van der Waals surface area contributed by atoms with E-state index in [1.807, 2.05) is 32.0 Å². The maximum Gasteiger partial charge on any atom is 0.419 e. The van der Waals surface area contributed by atoms with Gasteiger partial charge in [0, 0.05) is 13.5 Å². The number of fused-ring (bicyclic) bond motifs is 1. The highest BCUT2D eigenvalue weighted by atomic mass is 35.5. The second-order valence-corrected chi connectivity index (χ2v) is 8.67. The number of hydrogen-bond acceptors (Lipinski definition) is 7. The number of unbranched alkanes of at least 4 members (excludes halogenated alkanes) is 1. The van der Waals surface area contributed by atoms with Gasteiger partial charge in [0.15, 0.2) is 5.58 Å². The van der Waals surface area contributed by atoms with Gasteiger partial charge in [-0.05, 0) is 78.8 Å². The summed E-state index contributed by atoms with van der Waals surface area (Å²) in [6, 6.07) is 7.60. The first-order chi connectivity index (χ1) is 17.2. The smallest absolute Gasteiger partial charge is 0.419 e. The summed E-state index contributed by atoms with van der Waals surface area (Å²) in [5.74, 6) is -0.397. The fourth-order valence-electron chi connectivity index (χ4n) is 4.10.